The first-order valence-electron chi connectivity index (χ1n) is 11.7. The van der Waals surface area contributed by atoms with E-state index in [1.54, 1.807) is 14.2 Å². The van der Waals surface area contributed by atoms with Gasteiger partial charge in [0.25, 0.3) is 0 Å². The molecule has 35 heavy (non-hydrogen) atoms. The number of nitrogens with one attached hydrogen (secondary N) is 2. The first kappa shape index (κ1) is 24.9. The highest BCUT2D eigenvalue weighted by atomic mass is 32.2. The summed E-state index contributed by atoms with van der Waals surface area (Å²) in [6, 6.07) is 19.3. The second-order valence-corrected chi connectivity index (χ2v) is 10.7. The summed E-state index contributed by atoms with van der Waals surface area (Å²) in [6.07, 6.45) is 2.67. The van der Waals surface area contributed by atoms with Crippen molar-refractivity contribution in [2.75, 3.05) is 56.9 Å². The molecule has 7 nitrogen and oxygen atoms in total. The van der Waals surface area contributed by atoms with Crippen molar-refractivity contribution in [3.8, 4) is 11.5 Å². The van der Waals surface area contributed by atoms with Gasteiger partial charge in [0.1, 0.15) is 11.5 Å². The number of aryl methyl sites for hydroxylation is 2. The van der Waals surface area contributed by atoms with Gasteiger partial charge in [-0.1, -0.05) is 18.2 Å². The van der Waals surface area contributed by atoms with Crippen LogP contribution in [0.3, 0.4) is 0 Å². The number of methoxy groups -OCH3 is 2. The Hall–Kier alpha value is -3.23. The van der Waals surface area contributed by atoms with Crippen molar-refractivity contribution in [2.45, 2.75) is 17.7 Å². The van der Waals surface area contributed by atoms with Crippen LogP contribution in [-0.2, 0) is 22.7 Å². The van der Waals surface area contributed by atoms with E-state index in [2.05, 4.69) is 15.5 Å². The van der Waals surface area contributed by atoms with Gasteiger partial charge in [0.2, 0.25) is 0 Å². The number of hydrogen-bond acceptors (Lipinski definition) is 7. The molecule has 0 bridgehead atoms. The molecule has 186 valence electrons. The van der Waals surface area contributed by atoms with E-state index in [0.29, 0.717) is 17.0 Å². The zero-order chi connectivity index (χ0) is 24.8. The van der Waals surface area contributed by atoms with Crippen LogP contribution in [-0.4, -0.2) is 55.1 Å². The maximum atomic E-state index is 12.8. The van der Waals surface area contributed by atoms with Crippen LogP contribution in [0.2, 0.25) is 0 Å². The molecule has 8 heteroatoms. The van der Waals surface area contributed by atoms with Gasteiger partial charge >= 0.3 is 0 Å². The predicted molar refractivity (Wildman–Crippen MR) is 141 cm³/mol. The fraction of sp³-hybridized carbons (Fsp3) is 0.333. The minimum atomic E-state index is -3.46. The first-order chi connectivity index (χ1) is 16.9. The monoisotopic (exact) mass is 495 g/mol. The first-order valence-corrected chi connectivity index (χ1v) is 13.6. The maximum absolute atomic E-state index is 12.8. The highest BCUT2D eigenvalue weighted by Gasteiger charge is 2.22. The summed E-state index contributed by atoms with van der Waals surface area (Å²) in [5, 5.41) is 6.73. The second kappa shape index (κ2) is 11.0. The van der Waals surface area contributed by atoms with Crippen LogP contribution in [0.4, 0.5) is 17.1 Å². The van der Waals surface area contributed by atoms with Gasteiger partial charge in [-0.15, -0.1) is 0 Å². The van der Waals surface area contributed by atoms with Gasteiger partial charge < -0.3 is 25.0 Å². The second-order valence-electron chi connectivity index (χ2n) is 8.70. The molecule has 1 heterocycles. The Labute approximate surface area is 208 Å². The minimum Gasteiger partial charge on any atom is -0.497 e. The Balaban J connectivity index is 1.74. The van der Waals surface area contributed by atoms with Gasteiger partial charge in [0.05, 0.1) is 24.8 Å². The molecule has 1 fully saturated rings. The summed E-state index contributed by atoms with van der Waals surface area (Å²) in [6.45, 7) is 3.51. The molecular weight excluding hydrogens is 462 g/mol. The zero-order valence-electron chi connectivity index (χ0n) is 20.5. The van der Waals surface area contributed by atoms with Gasteiger partial charge in [-0.05, 0) is 60.4 Å². The molecule has 0 saturated carbocycles. The van der Waals surface area contributed by atoms with Crippen LogP contribution >= 0.6 is 0 Å². The SMILES string of the molecule is COc1cc(CCc2cc(S(C)(=O)=O)c(Nc3ccccc3)cc2N2CCNCC2)cc(OC)c1. The van der Waals surface area contributed by atoms with E-state index in [0.717, 1.165) is 66.6 Å². The Morgan fingerprint density at radius 1 is 0.914 bits per heavy atom. The molecular formula is C27H33N3O4S. The average molecular weight is 496 g/mol. The third-order valence-corrected chi connectivity index (χ3v) is 7.32. The largest absolute Gasteiger partial charge is 0.497 e. The van der Waals surface area contributed by atoms with Gasteiger partial charge in [0, 0.05) is 49.9 Å². The number of piperazine rings is 1. The lowest BCUT2D eigenvalue weighted by atomic mass is 10.0. The number of benzene rings is 3. The Bertz CT molecular complexity index is 1230. The third kappa shape index (κ3) is 6.26. The van der Waals surface area contributed by atoms with E-state index in [1.165, 1.54) is 6.26 Å². The summed E-state index contributed by atoms with van der Waals surface area (Å²) in [4.78, 5) is 2.64. The molecule has 0 aliphatic carbocycles. The normalized spacial score (nSPS) is 14.0. The molecule has 1 aliphatic heterocycles. The molecule has 0 spiro atoms. The minimum absolute atomic E-state index is 0.304. The lowest BCUT2D eigenvalue weighted by molar-refractivity contribution is 0.393. The van der Waals surface area contributed by atoms with Crippen molar-refractivity contribution in [3.05, 3.63) is 71.8 Å². The van der Waals surface area contributed by atoms with Crippen LogP contribution in [0.15, 0.2) is 65.6 Å². The summed E-state index contributed by atoms with van der Waals surface area (Å²) in [5.74, 6) is 1.47. The van der Waals surface area contributed by atoms with Crippen molar-refractivity contribution < 1.29 is 17.9 Å². The quantitative estimate of drug-likeness (QED) is 0.464. The highest BCUT2D eigenvalue weighted by molar-refractivity contribution is 7.90. The molecule has 0 aromatic heterocycles. The Morgan fingerprint density at radius 3 is 2.17 bits per heavy atom. The third-order valence-electron chi connectivity index (χ3n) is 6.19. The van der Waals surface area contributed by atoms with Crippen molar-refractivity contribution in [2.24, 2.45) is 0 Å². The number of sulfone groups is 1. The molecule has 3 aromatic rings. The summed E-state index contributed by atoms with van der Waals surface area (Å²) >= 11 is 0. The van der Waals surface area contributed by atoms with E-state index in [4.69, 9.17) is 9.47 Å². The van der Waals surface area contributed by atoms with E-state index in [-0.39, 0.29) is 0 Å². The molecule has 3 aromatic carbocycles. The lowest BCUT2D eigenvalue weighted by Crippen LogP contribution is -2.44. The zero-order valence-corrected chi connectivity index (χ0v) is 21.3. The number of rotatable bonds is 9. The number of hydrogen-bond donors (Lipinski definition) is 2. The van der Waals surface area contributed by atoms with E-state index < -0.39 is 9.84 Å². The van der Waals surface area contributed by atoms with E-state index >= 15 is 0 Å². The van der Waals surface area contributed by atoms with Crippen molar-refractivity contribution in [1.82, 2.24) is 5.32 Å². The van der Waals surface area contributed by atoms with E-state index in [1.807, 2.05) is 60.7 Å². The highest BCUT2D eigenvalue weighted by Crippen LogP contribution is 2.35. The van der Waals surface area contributed by atoms with Crippen LogP contribution in [0.25, 0.3) is 0 Å². The molecule has 0 atom stereocenters. The van der Waals surface area contributed by atoms with Gasteiger partial charge in [0.15, 0.2) is 9.84 Å². The molecule has 2 N–H and O–H groups in total. The van der Waals surface area contributed by atoms with Gasteiger partial charge in [-0.3, -0.25) is 0 Å². The summed E-state index contributed by atoms with van der Waals surface area (Å²) in [5.41, 5.74) is 4.58. The molecule has 0 amide bonds. The standard InChI is InChI=1S/C27H33N3O4S/c1-33-23-15-20(16-24(18-23)34-2)9-10-21-17-27(35(3,31)32)25(29-22-7-5-4-6-8-22)19-26(21)30-13-11-28-12-14-30/h4-8,15-19,28-29H,9-14H2,1-3H3. The van der Waals surface area contributed by atoms with Gasteiger partial charge in [-0.2, -0.15) is 0 Å². The smallest absolute Gasteiger partial charge is 0.177 e. The van der Waals surface area contributed by atoms with Crippen molar-refractivity contribution >= 4 is 26.9 Å². The molecule has 0 radical (unpaired) electrons. The molecule has 1 aliphatic rings. The summed E-state index contributed by atoms with van der Waals surface area (Å²) in [7, 11) is -0.188. The molecule has 0 unspecified atom stereocenters. The van der Waals surface area contributed by atoms with Crippen LogP contribution < -0.4 is 25.0 Å². The fourth-order valence-corrected chi connectivity index (χ4v) is 5.25. The predicted octanol–water partition coefficient (Wildman–Crippen LogP) is 4.05. The number of para-hydroxylation sites is 1. The van der Waals surface area contributed by atoms with E-state index in [9.17, 15) is 8.42 Å². The fourth-order valence-electron chi connectivity index (χ4n) is 4.38. The number of ether oxygens (including phenoxy) is 2. The van der Waals surface area contributed by atoms with Crippen LogP contribution in [0.1, 0.15) is 11.1 Å². The summed E-state index contributed by atoms with van der Waals surface area (Å²) < 4.78 is 36.5. The van der Waals surface area contributed by atoms with Crippen molar-refractivity contribution in [3.63, 3.8) is 0 Å². The molecule has 4 rings (SSSR count). The lowest BCUT2D eigenvalue weighted by Gasteiger charge is -2.32. The number of nitrogens with zero attached hydrogens (tertiary/aromatic N) is 1. The average Bonchev–Trinajstić information content (AvgIpc) is 2.87. The van der Waals surface area contributed by atoms with Crippen molar-refractivity contribution in [1.29, 1.82) is 0 Å². The maximum Gasteiger partial charge on any atom is 0.177 e. The van der Waals surface area contributed by atoms with Crippen LogP contribution in [0, 0.1) is 0 Å². The van der Waals surface area contributed by atoms with Crippen LogP contribution in [0.5, 0.6) is 11.5 Å². The van der Waals surface area contributed by atoms with Gasteiger partial charge in [-0.25, -0.2) is 8.42 Å². The Kier molecular flexibility index (Phi) is 7.83. The topological polar surface area (TPSA) is 79.9 Å². The number of anilines is 3. The molecule has 1 saturated heterocycles. The Morgan fingerprint density at radius 2 is 1.57 bits per heavy atom.